The van der Waals surface area contributed by atoms with Crippen LogP contribution in [-0.2, 0) is 6.42 Å². The quantitative estimate of drug-likeness (QED) is 0.660. The van der Waals surface area contributed by atoms with E-state index in [1.54, 1.807) is 12.1 Å². The van der Waals surface area contributed by atoms with E-state index < -0.39 is 0 Å². The Balaban J connectivity index is 1.71. The fourth-order valence-corrected chi connectivity index (χ4v) is 3.69. The van der Waals surface area contributed by atoms with Gasteiger partial charge in [-0.3, -0.25) is 0 Å². The number of urea groups is 1. The molecule has 0 aromatic heterocycles. The Kier molecular flexibility index (Phi) is 4.63. The van der Waals surface area contributed by atoms with E-state index in [-0.39, 0.29) is 17.9 Å². The molecule has 136 valence electrons. The molecule has 0 radical (unpaired) electrons. The number of aryl methyl sites for hydroxylation is 1. The van der Waals surface area contributed by atoms with E-state index >= 15 is 0 Å². The molecule has 0 saturated carbocycles. The topological polar surface area (TPSA) is 32.3 Å². The van der Waals surface area contributed by atoms with Crippen LogP contribution in [0.2, 0.25) is 0 Å². The number of amides is 2. The highest BCUT2D eigenvalue weighted by Gasteiger charge is 2.32. The van der Waals surface area contributed by atoms with E-state index in [9.17, 15) is 9.18 Å². The zero-order chi connectivity index (χ0) is 18.8. The normalized spacial score (nSPS) is 15.9. The van der Waals surface area contributed by atoms with Crippen molar-refractivity contribution in [3.63, 3.8) is 0 Å². The Morgan fingerprint density at radius 2 is 1.70 bits per heavy atom. The van der Waals surface area contributed by atoms with Crippen molar-refractivity contribution in [2.75, 3.05) is 11.9 Å². The second-order valence-corrected chi connectivity index (χ2v) is 6.84. The summed E-state index contributed by atoms with van der Waals surface area (Å²) in [6.45, 7) is 2.58. The highest BCUT2D eigenvalue weighted by Crippen LogP contribution is 2.35. The average molecular weight is 360 g/mol. The minimum absolute atomic E-state index is 0.145. The number of rotatable bonds is 2. The summed E-state index contributed by atoms with van der Waals surface area (Å²) in [7, 11) is 0. The van der Waals surface area contributed by atoms with E-state index in [1.807, 2.05) is 48.2 Å². The first-order valence-electron chi connectivity index (χ1n) is 9.10. The van der Waals surface area contributed by atoms with Crippen LogP contribution in [0, 0.1) is 12.7 Å². The lowest BCUT2D eigenvalue weighted by atomic mass is 9.88. The highest BCUT2D eigenvalue weighted by atomic mass is 19.1. The van der Waals surface area contributed by atoms with Gasteiger partial charge in [0.25, 0.3) is 0 Å². The van der Waals surface area contributed by atoms with Crippen molar-refractivity contribution < 1.29 is 9.18 Å². The van der Waals surface area contributed by atoms with E-state index in [2.05, 4.69) is 17.4 Å². The molecule has 3 aromatic carbocycles. The Morgan fingerprint density at radius 1 is 1.00 bits per heavy atom. The molecule has 4 heteroatoms. The van der Waals surface area contributed by atoms with Gasteiger partial charge in [0, 0.05) is 12.2 Å². The second kappa shape index (κ2) is 7.23. The molecule has 0 unspecified atom stereocenters. The molecule has 0 aliphatic carbocycles. The predicted molar refractivity (Wildman–Crippen MR) is 105 cm³/mol. The number of carbonyl (C=O) groups excluding carboxylic acids is 1. The largest absolute Gasteiger partial charge is 0.322 e. The summed E-state index contributed by atoms with van der Waals surface area (Å²) in [6, 6.07) is 21.9. The molecule has 1 N–H and O–H groups in total. The maximum atomic E-state index is 13.4. The number of anilines is 1. The van der Waals surface area contributed by atoms with Gasteiger partial charge in [0.05, 0.1) is 6.04 Å². The van der Waals surface area contributed by atoms with Gasteiger partial charge in [0.1, 0.15) is 5.82 Å². The number of hydrogen-bond acceptors (Lipinski definition) is 1. The molecule has 4 rings (SSSR count). The third-order valence-electron chi connectivity index (χ3n) is 5.12. The van der Waals surface area contributed by atoms with Gasteiger partial charge in [0.2, 0.25) is 0 Å². The Labute approximate surface area is 158 Å². The van der Waals surface area contributed by atoms with Crippen molar-refractivity contribution in [3.05, 3.63) is 101 Å². The highest BCUT2D eigenvalue weighted by molar-refractivity contribution is 5.91. The van der Waals surface area contributed by atoms with Crippen LogP contribution in [0.15, 0.2) is 72.8 Å². The number of fused-ring (bicyclic) bond motifs is 1. The third kappa shape index (κ3) is 3.43. The van der Waals surface area contributed by atoms with Gasteiger partial charge < -0.3 is 10.2 Å². The van der Waals surface area contributed by atoms with Gasteiger partial charge in [-0.2, -0.15) is 0 Å². The average Bonchev–Trinajstić information content (AvgIpc) is 2.69. The van der Waals surface area contributed by atoms with Crippen molar-refractivity contribution in [2.45, 2.75) is 19.4 Å². The van der Waals surface area contributed by atoms with Crippen molar-refractivity contribution in [2.24, 2.45) is 0 Å². The molecule has 1 heterocycles. The zero-order valence-corrected chi connectivity index (χ0v) is 15.2. The molecule has 1 aliphatic heterocycles. The zero-order valence-electron chi connectivity index (χ0n) is 15.2. The first-order valence-corrected chi connectivity index (χ1v) is 9.10. The van der Waals surface area contributed by atoms with Crippen molar-refractivity contribution in [1.82, 2.24) is 4.90 Å². The monoisotopic (exact) mass is 360 g/mol. The van der Waals surface area contributed by atoms with Crippen LogP contribution in [-0.4, -0.2) is 17.5 Å². The first-order chi connectivity index (χ1) is 13.1. The number of hydrogen-bond donors (Lipinski definition) is 1. The van der Waals surface area contributed by atoms with Crippen molar-refractivity contribution in [1.29, 1.82) is 0 Å². The molecular formula is C23H21FN2O. The molecule has 2 amide bonds. The van der Waals surface area contributed by atoms with Crippen molar-refractivity contribution in [3.8, 4) is 0 Å². The van der Waals surface area contributed by atoms with Gasteiger partial charge in [-0.05, 0) is 53.8 Å². The molecule has 27 heavy (non-hydrogen) atoms. The minimum atomic E-state index is -0.279. The molecular weight excluding hydrogens is 339 g/mol. The van der Waals surface area contributed by atoms with Gasteiger partial charge in [-0.15, -0.1) is 0 Å². The SMILES string of the molecule is Cc1ccccc1NC(=O)N1CCc2ccccc2[C@@H]1c1ccc(F)cc1. The van der Waals surface area contributed by atoms with Crippen LogP contribution >= 0.6 is 0 Å². The number of carbonyl (C=O) groups is 1. The molecule has 1 atom stereocenters. The summed E-state index contributed by atoms with van der Waals surface area (Å²) in [5, 5.41) is 3.03. The maximum Gasteiger partial charge on any atom is 0.322 e. The van der Waals surface area contributed by atoms with Gasteiger partial charge in [-0.1, -0.05) is 54.6 Å². The molecule has 3 aromatic rings. The summed E-state index contributed by atoms with van der Waals surface area (Å²) in [5.74, 6) is -0.279. The number of halogens is 1. The second-order valence-electron chi connectivity index (χ2n) is 6.84. The Bertz CT molecular complexity index is 968. The van der Waals surface area contributed by atoms with Gasteiger partial charge in [-0.25, -0.2) is 9.18 Å². The van der Waals surface area contributed by atoms with Gasteiger partial charge >= 0.3 is 6.03 Å². The first kappa shape index (κ1) is 17.3. The standard InChI is InChI=1S/C23H21FN2O/c1-16-6-2-5-9-21(16)25-23(27)26-15-14-17-7-3-4-8-20(17)22(26)18-10-12-19(24)13-11-18/h2-13,22H,14-15H2,1H3,(H,25,27)/t22-/m0/s1. The summed E-state index contributed by atoms with van der Waals surface area (Å²) in [6.07, 6.45) is 0.801. The van der Waals surface area contributed by atoms with E-state index in [4.69, 9.17) is 0 Å². The Hall–Kier alpha value is -3.14. The number of nitrogens with zero attached hydrogens (tertiary/aromatic N) is 1. The van der Waals surface area contributed by atoms with Crippen molar-refractivity contribution >= 4 is 11.7 Å². The van der Waals surface area contributed by atoms with E-state index in [0.717, 1.165) is 28.8 Å². The molecule has 0 fully saturated rings. The molecule has 0 bridgehead atoms. The minimum Gasteiger partial charge on any atom is -0.313 e. The smallest absolute Gasteiger partial charge is 0.313 e. The van der Waals surface area contributed by atoms with Gasteiger partial charge in [0.15, 0.2) is 0 Å². The fraction of sp³-hybridized carbons (Fsp3) is 0.174. The summed E-state index contributed by atoms with van der Waals surface area (Å²) < 4.78 is 13.4. The van der Waals surface area contributed by atoms with Crippen LogP contribution < -0.4 is 5.32 Å². The molecule has 0 saturated heterocycles. The van der Waals surface area contributed by atoms with Crippen LogP contribution in [0.3, 0.4) is 0 Å². The lowest BCUT2D eigenvalue weighted by Gasteiger charge is -2.37. The lowest BCUT2D eigenvalue weighted by molar-refractivity contribution is 0.194. The van der Waals surface area contributed by atoms with E-state index in [0.29, 0.717) is 6.54 Å². The summed E-state index contributed by atoms with van der Waals surface area (Å²) in [5.41, 5.74) is 5.05. The number of benzene rings is 3. The molecule has 0 spiro atoms. The summed E-state index contributed by atoms with van der Waals surface area (Å²) >= 11 is 0. The van der Waals surface area contributed by atoms with Crippen LogP contribution in [0.25, 0.3) is 0 Å². The summed E-state index contributed by atoms with van der Waals surface area (Å²) in [4.78, 5) is 15.0. The molecule has 3 nitrogen and oxygen atoms in total. The van der Waals surface area contributed by atoms with Crippen LogP contribution in [0.4, 0.5) is 14.9 Å². The lowest BCUT2D eigenvalue weighted by Crippen LogP contribution is -2.43. The number of para-hydroxylation sites is 1. The molecule has 1 aliphatic rings. The fourth-order valence-electron chi connectivity index (χ4n) is 3.69. The predicted octanol–water partition coefficient (Wildman–Crippen LogP) is 5.31. The maximum absolute atomic E-state index is 13.4. The van der Waals surface area contributed by atoms with Crippen LogP contribution in [0.5, 0.6) is 0 Å². The third-order valence-corrected chi connectivity index (χ3v) is 5.12. The van der Waals surface area contributed by atoms with Crippen LogP contribution in [0.1, 0.15) is 28.3 Å². The Morgan fingerprint density at radius 3 is 2.48 bits per heavy atom. The van der Waals surface area contributed by atoms with E-state index in [1.165, 1.54) is 17.7 Å². The number of nitrogens with one attached hydrogen (secondary N) is 1.